The zero-order valence-electron chi connectivity index (χ0n) is 9.10. The van der Waals surface area contributed by atoms with Crippen molar-refractivity contribution < 1.29 is 9.21 Å². The van der Waals surface area contributed by atoms with Crippen molar-refractivity contribution in [2.45, 2.75) is 18.6 Å². The van der Waals surface area contributed by atoms with Gasteiger partial charge in [0, 0.05) is 24.8 Å². The summed E-state index contributed by atoms with van der Waals surface area (Å²) in [5.41, 5.74) is 1.17. The molecule has 0 radical (unpaired) electrons. The molecule has 1 saturated heterocycles. The van der Waals surface area contributed by atoms with E-state index in [4.69, 9.17) is 4.42 Å². The van der Waals surface area contributed by atoms with Gasteiger partial charge in [-0.05, 0) is 18.5 Å². The maximum atomic E-state index is 11.1. The fourth-order valence-electron chi connectivity index (χ4n) is 1.71. The average molecular weight is 238 g/mol. The third kappa shape index (κ3) is 2.96. The quantitative estimate of drug-likeness (QED) is 0.850. The zero-order valence-corrected chi connectivity index (χ0v) is 9.92. The minimum Gasteiger partial charge on any atom is -0.445 e. The van der Waals surface area contributed by atoms with Crippen molar-refractivity contribution in [2.75, 3.05) is 13.1 Å². The van der Waals surface area contributed by atoms with E-state index in [-0.39, 0.29) is 10.4 Å². The average Bonchev–Trinajstić information content (AvgIpc) is 2.73. The van der Waals surface area contributed by atoms with Crippen LogP contribution in [0.2, 0.25) is 0 Å². The molecule has 2 rings (SSSR count). The molecular formula is C11H14N2O2S. The molecule has 86 valence electrons. The van der Waals surface area contributed by atoms with Crippen molar-refractivity contribution in [1.82, 2.24) is 10.3 Å². The van der Waals surface area contributed by atoms with Crippen LogP contribution in [0.1, 0.15) is 19.2 Å². The van der Waals surface area contributed by atoms with E-state index in [0.717, 1.165) is 19.5 Å². The first-order valence-electron chi connectivity index (χ1n) is 5.23. The van der Waals surface area contributed by atoms with E-state index in [1.54, 1.807) is 19.4 Å². The third-order valence-electron chi connectivity index (χ3n) is 2.39. The SMILES string of the molecule is CC(=O)SC1CCNC/C1=C\c1ncco1. The molecule has 1 aromatic heterocycles. The topological polar surface area (TPSA) is 55.1 Å². The Morgan fingerprint density at radius 3 is 3.31 bits per heavy atom. The third-order valence-corrected chi connectivity index (χ3v) is 3.55. The van der Waals surface area contributed by atoms with Gasteiger partial charge in [0.1, 0.15) is 6.26 Å². The van der Waals surface area contributed by atoms with E-state index in [1.807, 2.05) is 6.08 Å². The summed E-state index contributed by atoms with van der Waals surface area (Å²) >= 11 is 1.39. The van der Waals surface area contributed by atoms with Crippen molar-refractivity contribution >= 4 is 23.0 Å². The molecule has 1 aliphatic heterocycles. The number of thioether (sulfide) groups is 1. The smallest absolute Gasteiger partial charge is 0.218 e. The van der Waals surface area contributed by atoms with Crippen molar-refractivity contribution in [2.24, 2.45) is 0 Å². The number of rotatable bonds is 2. The van der Waals surface area contributed by atoms with Crippen LogP contribution in [-0.4, -0.2) is 28.4 Å². The number of aromatic nitrogens is 1. The van der Waals surface area contributed by atoms with Crippen LogP contribution in [-0.2, 0) is 4.79 Å². The van der Waals surface area contributed by atoms with E-state index in [2.05, 4.69) is 10.3 Å². The van der Waals surface area contributed by atoms with Crippen LogP contribution < -0.4 is 5.32 Å². The number of carbonyl (C=O) groups excluding carboxylic acids is 1. The van der Waals surface area contributed by atoms with E-state index in [1.165, 1.54) is 17.3 Å². The molecule has 1 aliphatic rings. The van der Waals surface area contributed by atoms with Crippen molar-refractivity contribution in [3.8, 4) is 0 Å². The van der Waals surface area contributed by atoms with Gasteiger partial charge in [0.05, 0.1) is 6.20 Å². The predicted molar refractivity (Wildman–Crippen MR) is 64.0 cm³/mol. The van der Waals surface area contributed by atoms with E-state index in [9.17, 15) is 4.79 Å². The van der Waals surface area contributed by atoms with Gasteiger partial charge >= 0.3 is 0 Å². The summed E-state index contributed by atoms with van der Waals surface area (Å²) in [5.74, 6) is 0.604. The van der Waals surface area contributed by atoms with Crippen LogP contribution in [0, 0.1) is 0 Å². The first-order valence-corrected chi connectivity index (χ1v) is 6.11. The molecule has 1 N–H and O–H groups in total. The maximum Gasteiger partial charge on any atom is 0.218 e. The highest BCUT2D eigenvalue weighted by Gasteiger charge is 2.21. The summed E-state index contributed by atoms with van der Waals surface area (Å²) in [6, 6.07) is 0. The lowest BCUT2D eigenvalue weighted by Crippen LogP contribution is -2.32. The molecule has 1 fully saturated rings. The second kappa shape index (κ2) is 5.32. The number of hydrogen-bond acceptors (Lipinski definition) is 5. The Hall–Kier alpha value is -1.07. The van der Waals surface area contributed by atoms with Crippen molar-refractivity contribution in [3.63, 3.8) is 0 Å². The molecule has 0 bridgehead atoms. The highest BCUT2D eigenvalue weighted by molar-refractivity contribution is 8.14. The Morgan fingerprint density at radius 1 is 1.75 bits per heavy atom. The molecule has 1 atom stereocenters. The predicted octanol–water partition coefficient (Wildman–Crippen LogP) is 1.70. The van der Waals surface area contributed by atoms with Gasteiger partial charge in [-0.2, -0.15) is 0 Å². The Balaban J connectivity index is 2.12. The van der Waals surface area contributed by atoms with E-state index >= 15 is 0 Å². The summed E-state index contributed by atoms with van der Waals surface area (Å²) < 4.78 is 5.18. The van der Waals surface area contributed by atoms with Gasteiger partial charge in [-0.3, -0.25) is 4.79 Å². The molecule has 5 heteroatoms. The van der Waals surface area contributed by atoms with Gasteiger partial charge < -0.3 is 9.73 Å². The monoisotopic (exact) mass is 238 g/mol. The van der Waals surface area contributed by atoms with Gasteiger partial charge in [-0.25, -0.2) is 4.98 Å². The van der Waals surface area contributed by atoms with Gasteiger partial charge in [0.2, 0.25) is 5.89 Å². The summed E-state index contributed by atoms with van der Waals surface area (Å²) in [6.07, 6.45) is 6.06. The minimum absolute atomic E-state index is 0.158. The van der Waals surface area contributed by atoms with Gasteiger partial charge in [-0.1, -0.05) is 11.8 Å². The Kier molecular flexibility index (Phi) is 3.79. The fraction of sp³-hybridized carbons (Fsp3) is 0.455. The van der Waals surface area contributed by atoms with Crippen molar-refractivity contribution in [1.29, 1.82) is 0 Å². The maximum absolute atomic E-state index is 11.1. The largest absolute Gasteiger partial charge is 0.445 e. The van der Waals surface area contributed by atoms with Crippen LogP contribution in [0.5, 0.6) is 0 Å². The molecule has 1 aromatic rings. The first-order chi connectivity index (χ1) is 7.75. The molecule has 0 spiro atoms. The molecule has 2 heterocycles. The summed E-state index contributed by atoms with van der Waals surface area (Å²) in [7, 11) is 0. The van der Waals surface area contributed by atoms with Crippen LogP contribution in [0.15, 0.2) is 22.5 Å². The molecule has 4 nitrogen and oxygen atoms in total. The highest BCUT2D eigenvalue weighted by atomic mass is 32.2. The molecule has 0 saturated carbocycles. The molecule has 1 unspecified atom stereocenters. The lowest BCUT2D eigenvalue weighted by Gasteiger charge is -2.24. The summed E-state index contributed by atoms with van der Waals surface area (Å²) in [6.45, 7) is 3.36. The fourth-order valence-corrected chi connectivity index (χ4v) is 2.65. The number of piperidine rings is 1. The van der Waals surface area contributed by atoms with Gasteiger partial charge in [0.25, 0.3) is 0 Å². The van der Waals surface area contributed by atoms with Crippen LogP contribution in [0.4, 0.5) is 0 Å². The Bertz CT molecular complexity index is 387. The zero-order chi connectivity index (χ0) is 11.4. The van der Waals surface area contributed by atoms with Crippen molar-refractivity contribution in [3.05, 3.63) is 23.9 Å². The minimum atomic E-state index is 0.158. The lowest BCUT2D eigenvalue weighted by atomic mass is 10.1. The number of carbonyl (C=O) groups is 1. The van der Waals surface area contributed by atoms with Gasteiger partial charge in [-0.15, -0.1) is 0 Å². The lowest BCUT2D eigenvalue weighted by molar-refractivity contribution is -0.109. The van der Waals surface area contributed by atoms with Crippen LogP contribution in [0.25, 0.3) is 6.08 Å². The van der Waals surface area contributed by atoms with E-state index in [0.29, 0.717) is 5.89 Å². The molecule has 16 heavy (non-hydrogen) atoms. The number of nitrogens with zero attached hydrogens (tertiary/aromatic N) is 1. The standard InChI is InChI=1S/C11H14N2O2S/c1-8(14)16-10-2-3-12-7-9(10)6-11-13-4-5-15-11/h4-6,10,12H,2-3,7H2,1H3/b9-6+. The van der Waals surface area contributed by atoms with Crippen LogP contribution in [0.3, 0.4) is 0 Å². The normalized spacial score (nSPS) is 23.6. The molecule has 0 aromatic carbocycles. The van der Waals surface area contributed by atoms with E-state index < -0.39 is 0 Å². The molecule has 0 amide bonds. The number of oxazole rings is 1. The molecule has 0 aliphatic carbocycles. The Labute approximate surface area is 98.5 Å². The summed E-state index contributed by atoms with van der Waals surface area (Å²) in [4.78, 5) is 15.2. The number of nitrogens with one attached hydrogen (secondary N) is 1. The Morgan fingerprint density at radius 2 is 2.62 bits per heavy atom. The summed E-state index contributed by atoms with van der Waals surface area (Å²) in [5, 5.41) is 3.70. The molecular weight excluding hydrogens is 224 g/mol. The number of hydrogen-bond donors (Lipinski definition) is 1. The second-order valence-electron chi connectivity index (χ2n) is 3.65. The van der Waals surface area contributed by atoms with Gasteiger partial charge in [0.15, 0.2) is 5.12 Å². The highest BCUT2D eigenvalue weighted by Crippen LogP contribution is 2.26. The van der Waals surface area contributed by atoms with Crippen LogP contribution >= 0.6 is 11.8 Å². The first kappa shape index (κ1) is 11.4. The second-order valence-corrected chi connectivity index (χ2v) is 5.03.